The summed E-state index contributed by atoms with van der Waals surface area (Å²) >= 11 is 0. The van der Waals surface area contributed by atoms with Crippen molar-refractivity contribution in [3.05, 3.63) is 250 Å². The van der Waals surface area contributed by atoms with Gasteiger partial charge in [0.1, 0.15) is 11.5 Å². The van der Waals surface area contributed by atoms with E-state index in [1.165, 1.54) is 0 Å². The fourth-order valence-electron chi connectivity index (χ4n) is 9.48. The van der Waals surface area contributed by atoms with Crippen molar-refractivity contribution >= 4 is 10.8 Å². The Bertz CT molecular complexity index is 3720. The van der Waals surface area contributed by atoms with Gasteiger partial charge in [0, 0.05) is 11.1 Å². The van der Waals surface area contributed by atoms with Crippen LogP contribution < -0.4 is 4.74 Å². The quantitative estimate of drug-likeness (QED) is 0.177. The lowest BCUT2D eigenvalue weighted by Crippen LogP contribution is -2.34. The van der Waals surface area contributed by atoms with E-state index in [1.54, 1.807) is 30.3 Å². The molecule has 0 saturated carbocycles. The lowest BCUT2D eigenvalue weighted by atomic mass is 9.63. The highest BCUT2D eigenvalue weighted by Gasteiger charge is 2.52. The number of hydrogen-bond donors (Lipinski definition) is 0. The first-order valence-electron chi connectivity index (χ1n) is 24.6. The summed E-state index contributed by atoms with van der Waals surface area (Å²) in [7, 11) is 0. The molecule has 55 heavy (non-hydrogen) atoms. The van der Waals surface area contributed by atoms with Crippen molar-refractivity contribution in [2.24, 2.45) is 0 Å². The molecule has 2 aliphatic carbocycles. The van der Waals surface area contributed by atoms with Crippen LogP contribution in [0.5, 0.6) is 11.5 Å². The lowest BCUT2D eigenvalue weighted by Gasteiger charge is -2.41. The molecule has 12 rings (SSSR count). The fourth-order valence-corrected chi connectivity index (χ4v) is 9.48. The highest BCUT2D eigenvalue weighted by atomic mass is 16.5. The molecule has 0 saturated heterocycles. The molecule has 0 fully saturated rings. The van der Waals surface area contributed by atoms with Gasteiger partial charge >= 0.3 is 0 Å². The summed E-state index contributed by atoms with van der Waals surface area (Å²) in [6, 6.07) is 33.9. The minimum atomic E-state index is -1.67. The molecular formula is C54H34O. The first-order valence-corrected chi connectivity index (χ1v) is 18.1. The fraction of sp³-hybridized carbons (Fsp3) is 0.0370. The second-order valence-electron chi connectivity index (χ2n) is 14.1. The molecule has 0 N–H and O–H groups in total. The van der Waals surface area contributed by atoms with Gasteiger partial charge in [-0.05, 0) is 102 Å². The standard InChI is InChI=1S/C54H34O/c1-3-16-38(17-4-1)53(39-18-5-2-6-19-39)46-25-13-14-26-50(46)55-51-32-29-37(34-49(51)53)36-27-30-42-41-21-9-11-23-44(41)54(48(42)33-36)45-24-12-10-22-43(45)52-40-20-8-7-15-35(40)28-31-47(52)54/h1-34H/i7D,8D,13D,14D,15D,20D,25D,26D,28D,29D,31D,32D,34D. The van der Waals surface area contributed by atoms with Crippen molar-refractivity contribution in [2.45, 2.75) is 10.8 Å². The highest BCUT2D eigenvalue weighted by molar-refractivity contribution is 6.06. The van der Waals surface area contributed by atoms with Crippen molar-refractivity contribution < 1.29 is 22.6 Å². The van der Waals surface area contributed by atoms with E-state index in [9.17, 15) is 9.60 Å². The zero-order chi connectivity index (χ0) is 47.5. The molecule has 9 aromatic rings. The van der Waals surface area contributed by atoms with Crippen LogP contribution in [0.2, 0.25) is 0 Å². The Hall–Kier alpha value is -6.96. The third kappa shape index (κ3) is 3.92. The van der Waals surface area contributed by atoms with Gasteiger partial charge in [-0.3, -0.25) is 0 Å². The summed E-state index contributed by atoms with van der Waals surface area (Å²) in [5.74, 6) is -0.389. The van der Waals surface area contributed by atoms with E-state index >= 15 is 0 Å². The van der Waals surface area contributed by atoms with Crippen LogP contribution in [0.25, 0.3) is 44.2 Å². The molecule has 1 nitrogen and oxygen atoms in total. The van der Waals surface area contributed by atoms with Gasteiger partial charge in [-0.15, -0.1) is 0 Å². The summed E-state index contributed by atoms with van der Waals surface area (Å²) in [6.07, 6.45) is 0. The van der Waals surface area contributed by atoms with Gasteiger partial charge in [0.05, 0.1) is 28.6 Å². The predicted octanol–water partition coefficient (Wildman–Crippen LogP) is 13.3. The number of benzene rings is 9. The smallest absolute Gasteiger partial charge is 0.132 e. The second-order valence-corrected chi connectivity index (χ2v) is 14.1. The van der Waals surface area contributed by atoms with Crippen LogP contribution in [-0.2, 0) is 10.8 Å². The molecule has 1 aliphatic heterocycles. The summed E-state index contributed by atoms with van der Waals surface area (Å²) in [5.41, 5.74) is 3.88. The first kappa shape index (κ1) is 20.5. The molecule has 1 heterocycles. The van der Waals surface area contributed by atoms with Gasteiger partial charge < -0.3 is 4.74 Å². The van der Waals surface area contributed by atoms with Crippen molar-refractivity contribution in [2.75, 3.05) is 0 Å². The van der Waals surface area contributed by atoms with E-state index in [1.807, 2.05) is 97.1 Å². The van der Waals surface area contributed by atoms with Crippen LogP contribution in [0.4, 0.5) is 0 Å². The maximum absolute atomic E-state index is 10.4. The van der Waals surface area contributed by atoms with Gasteiger partial charge in [0.15, 0.2) is 0 Å². The maximum atomic E-state index is 10.4. The summed E-state index contributed by atoms with van der Waals surface area (Å²) in [5, 5.41) is 0.0980. The van der Waals surface area contributed by atoms with Crippen LogP contribution in [0, 0.1) is 0 Å². The first-order chi connectivity index (χ1) is 32.7. The Kier molecular flexibility index (Phi) is 4.20. The van der Waals surface area contributed by atoms with Crippen LogP contribution in [0.1, 0.15) is 62.3 Å². The average Bonchev–Trinajstić information content (AvgIpc) is 3.83. The van der Waals surface area contributed by atoms with Crippen molar-refractivity contribution in [3.8, 4) is 44.9 Å². The van der Waals surface area contributed by atoms with Crippen LogP contribution in [0.15, 0.2) is 206 Å². The van der Waals surface area contributed by atoms with Gasteiger partial charge in [-0.2, -0.15) is 0 Å². The van der Waals surface area contributed by atoms with Gasteiger partial charge in [0.25, 0.3) is 0 Å². The highest BCUT2D eigenvalue weighted by Crippen LogP contribution is 2.64. The molecule has 0 amide bonds. The topological polar surface area (TPSA) is 9.23 Å². The zero-order valence-electron chi connectivity index (χ0n) is 42.0. The molecule has 9 aromatic carbocycles. The molecule has 0 aromatic heterocycles. The number of ether oxygens (including phenoxy) is 1. The van der Waals surface area contributed by atoms with Crippen molar-refractivity contribution in [1.29, 1.82) is 0 Å². The largest absolute Gasteiger partial charge is 0.457 e. The molecule has 3 aliphatic rings. The Morgan fingerprint density at radius 2 is 1.04 bits per heavy atom. The summed E-state index contributed by atoms with van der Waals surface area (Å²) in [6.45, 7) is 0. The maximum Gasteiger partial charge on any atom is 0.132 e. The molecule has 0 radical (unpaired) electrons. The van der Waals surface area contributed by atoms with Gasteiger partial charge in [0.2, 0.25) is 0 Å². The molecule has 1 heteroatoms. The van der Waals surface area contributed by atoms with E-state index in [0.717, 1.165) is 22.3 Å². The molecule has 0 bridgehead atoms. The van der Waals surface area contributed by atoms with Crippen LogP contribution in [-0.4, -0.2) is 0 Å². The van der Waals surface area contributed by atoms with Gasteiger partial charge in [-0.1, -0.05) is 182 Å². The second kappa shape index (κ2) is 11.3. The number of para-hydroxylation sites is 1. The van der Waals surface area contributed by atoms with E-state index in [4.69, 9.17) is 13.0 Å². The Balaban J connectivity index is 1.22. The monoisotopic (exact) mass is 711 g/mol. The SMILES string of the molecule is [2H]c1c([2H])c([2H])c2c(c1[2H])Oc1c([2H])c([2H])c(-c3ccc4c(c3)C3(c5ccccc5-4)c4ccccc4-c4c3c([2H])c([2H])c3c([2H])c([2H])c([2H])c([2H])c43)c([2H])c1C2(c1ccccc1)c1ccccc1. The average molecular weight is 712 g/mol. The Labute approximate surface area is 339 Å². The number of hydrogen-bond acceptors (Lipinski definition) is 1. The van der Waals surface area contributed by atoms with E-state index < -0.39 is 53.1 Å². The molecule has 1 atom stereocenters. The number of rotatable bonds is 3. The van der Waals surface area contributed by atoms with Crippen LogP contribution >= 0.6 is 0 Å². The van der Waals surface area contributed by atoms with E-state index in [-0.39, 0.29) is 75.2 Å². The molecule has 1 spiro atoms. The minimum Gasteiger partial charge on any atom is -0.457 e. The van der Waals surface area contributed by atoms with Crippen molar-refractivity contribution in [1.82, 2.24) is 0 Å². The normalized spacial score (nSPS) is 19.7. The molecular weight excluding hydrogens is 665 g/mol. The van der Waals surface area contributed by atoms with Crippen LogP contribution in [0.3, 0.4) is 0 Å². The predicted molar refractivity (Wildman–Crippen MR) is 224 cm³/mol. The summed E-state index contributed by atoms with van der Waals surface area (Å²) in [4.78, 5) is 0. The Morgan fingerprint density at radius 3 is 1.84 bits per heavy atom. The van der Waals surface area contributed by atoms with E-state index in [0.29, 0.717) is 38.9 Å². The van der Waals surface area contributed by atoms with Crippen molar-refractivity contribution in [3.63, 3.8) is 0 Å². The van der Waals surface area contributed by atoms with Gasteiger partial charge in [-0.25, -0.2) is 0 Å². The Morgan fingerprint density at radius 1 is 0.400 bits per heavy atom. The molecule has 256 valence electrons. The third-order valence-corrected chi connectivity index (χ3v) is 11.6. The van der Waals surface area contributed by atoms with E-state index in [2.05, 4.69) is 0 Å². The minimum absolute atomic E-state index is 0.0458. The third-order valence-electron chi connectivity index (χ3n) is 11.6. The lowest BCUT2D eigenvalue weighted by molar-refractivity contribution is 0.434. The zero-order valence-corrected chi connectivity index (χ0v) is 29.0. The number of fused-ring (bicyclic) bond motifs is 14. The summed E-state index contributed by atoms with van der Waals surface area (Å²) < 4.78 is 127. The molecule has 1 unspecified atom stereocenters.